The third-order valence-corrected chi connectivity index (χ3v) is 5.50. The molecule has 132 valence electrons. The maximum Gasteiger partial charge on any atom is 0.167 e. The highest BCUT2D eigenvalue weighted by Crippen LogP contribution is 2.49. The van der Waals surface area contributed by atoms with Crippen LogP contribution in [-0.2, 0) is 6.54 Å². The zero-order valence-electron chi connectivity index (χ0n) is 15.1. The van der Waals surface area contributed by atoms with Crippen molar-refractivity contribution in [3.63, 3.8) is 0 Å². The Bertz CT molecular complexity index is 759. The number of rotatable bonds is 4. The molecule has 0 aliphatic carbocycles. The normalized spacial score (nSPS) is 22.0. The highest BCUT2D eigenvalue weighted by molar-refractivity contribution is 5.60. The Morgan fingerprint density at radius 1 is 1.12 bits per heavy atom. The highest BCUT2D eigenvalue weighted by Gasteiger charge is 2.40. The summed E-state index contributed by atoms with van der Waals surface area (Å²) < 4.78 is 17.3. The van der Waals surface area contributed by atoms with Gasteiger partial charge < -0.3 is 14.2 Å². The van der Waals surface area contributed by atoms with Crippen LogP contribution in [0.5, 0.6) is 17.2 Å². The molecule has 2 aliphatic rings. The number of nitrogens with zero attached hydrogens (tertiary/aromatic N) is 1. The van der Waals surface area contributed by atoms with E-state index in [0.29, 0.717) is 11.8 Å². The second-order valence-electron chi connectivity index (χ2n) is 7.01. The molecule has 0 amide bonds. The second kappa shape index (κ2) is 6.60. The first kappa shape index (κ1) is 16.3. The summed E-state index contributed by atoms with van der Waals surface area (Å²) in [5, 5.41) is 0. The average Bonchev–Trinajstić information content (AvgIpc) is 3.04. The largest absolute Gasteiger partial charge is 0.496 e. The van der Waals surface area contributed by atoms with Crippen molar-refractivity contribution in [2.24, 2.45) is 5.92 Å². The first-order valence-electron chi connectivity index (χ1n) is 8.85. The lowest BCUT2D eigenvalue weighted by Gasteiger charge is -2.30. The molecule has 0 saturated carbocycles. The molecular weight excluding hydrogens is 314 g/mol. The van der Waals surface area contributed by atoms with Crippen molar-refractivity contribution < 1.29 is 14.2 Å². The van der Waals surface area contributed by atoms with Gasteiger partial charge in [-0.2, -0.15) is 0 Å². The van der Waals surface area contributed by atoms with Crippen LogP contribution < -0.4 is 14.2 Å². The molecule has 2 aromatic rings. The fraction of sp³-hybridized carbons (Fsp3) is 0.429. The van der Waals surface area contributed by atoms with E-state index in [-0.39, 0.29) is 0 Å². The topological polar surface area (TPSA) is 30.9 Å². The quantitative estimate of drug-likeness (QED) is 0.851. The van der Waals surface area contributed by atoms with Gasteiger partial charge in [0.05, 0.1) is 20.8 Å². The first-order valence-corrected chi connectivity index (χ1v) is 8.85. The third-order valence-electron chi connectivity index (χ3n) is 5.50. The SMILES string of the molecule is COc1cc2c(c(OC)c1C)OC[C@@H]1CN(Cc3ccccc3)C[C@@H]21. The maximum absolute atomic E-state index is 6.13. The minimum absolute atomic E-state index is 0.468. The molecule has 25 heavy (non-hydrogen) atoms. The Labute approximate surface area is 149 Å². The van der Waals surface area contributed by atoms with Crippen LogP contribution in [0.3, 0.4) is 0 Å². The summed E-state index contributed by atoms with van der Waals surface area (Å²) in [7, 11) is 3.42. The van der Waals surface area contributed by atoms with Crippen LogP contribution >= 0.6 is 0 Å². The van der Waals surface area contributed by atoms with Crippen molar-refractivity contribution in [3.8, 4) is 17.2 Å². The van der Waals surface area contributed by atoms with Gasteiger partial charge in [0.25, 0.3) is 0 Å². The number of likely N-dealkylation sites (tertiary alicyclic amines) is 1. The molecule has 2 aliphatic heterocycles. The molecule has 4 nitrogen and oxygen atoms in total. The monoisotopic (exact) mass is 339 g/mol. The fourth-order valence-electron chi connectivity index (χ4n) is 4.25. The van der Waals surface area contributed by atoms with Gasteiger partial charge >= 0.3 is 0 Å². The van der Waals surface area contributed by atoms with Crippen LogP contribution in [0.25, 0.3) is 0 Å². The van der Waals surface area contributed by atoms with Crippen molar-refractivity contribution in [3.05, 3.63) is 53.1 Å². The van der Waals surface area contributed by atoms with Crippen LogP contribution in [-0.4, -0.2) is 38.8 Å². The Hall–Kier alpha value is -2.20. The molecule has 4 rings (SSSR count). The van der Waals surface area contributed by atoms with Crippen molar-refractivity contribution >= 4 is 0 Å². The van der Waals surface area contributed by atoms with E-state index in [1.54, 1.807) is 14.2 Å². The van der Waals surface area contributed by atoms with Gasteiger partial charge in [-0.1, -0.05) is 30.3 Å². The van der Waals surface area contributed by atoms with E-state index in [1.807, 2.05) is 6.92 Å². The Morgan fingerprint density at radius 3 is 2.64 bits per heavy atom. The molecule has 2 aromatic carbocycles. The predicted molar refractivity (Wildman–Crippen MR) is 97.7 cm³/mol. The fourth-order valence-corrected chi connectivity index (χ4v) is 4.25. The number of ether oxygens (including phenoxy) is 3. The molecule has 4 heteroatoms. The number of hydrogen-bond acceptors (Lipinski definition) is 4. The molecular formula is C21H25NO3. The van der Waals surface area contributed by atoms with Gasteiger partial charge in [-0.15, -0.1) is 0 Å². The lowest BCUT2D eigenvalue weighted by Crippen LogP contribution is -2.25. The van der Waals surface area contributed by atoms with Crippen molar-refractivity contribution in [1.82, 2.24) is 4.90 Å². The summed E-state index contributed by atoms with van der Waals surface area (Å²) in [6.45, 7) is 5.88. The minimum atomic E-state index is 0.468. The molecule has 2 heterocycles. The van der Waals surface area contributed by atoms with Crippen LogP contribution in [0.2, 0.25) is 0 Å². The van der Waals surface area contributed by atoms with Gasteiger partial charge in [0.15, 0.2) is 11.5 Å². The van der Waals surface area contributed by atoms with E-state index in [2.05, 4.69) is 41.3 Å². The zero-order chi connectivity index (χ0) is 17.4. The summed E-state index contributed by atoms with van der Waals surface area (Å²) in [5.41, 5.74) is 3.59. The Balaban J connectivity index is 1.63. The maximum atomic E-state index is 6.13. The molecule has 1 saturated heterocycles. The van der Waals surface area contributed by atoms with E-state index in [0.717, 1.165) is 49.1 Å². The van der Waals surface area contributed by atoms with Crippen molar-refractivity contribution in [2.45, 2.75) is 19.4 Å². The van der Waals surface area contributed by atoms with Crippen LogP contribution in [0.4, 0.5) is 0 Å². The highest BCUT2D eigenvalue weighted by atomic mass is 16.5. The number of benzene rings is 2. The lowest BCUT2D eigenvalue weighted by molar-refractivity contribution is 0.202. The average molecular weight is 339 g/mol. The molecule has 1 fully saturated rings. The summed E-state index contributed by atoms with van der Waals surface area (Å²) in [6, 6.07) is 12.8. The minimum Gasteiger partial charge on any atom is -0.496 e. The Morgan fingerprint density at radius 2 is 1.92 bits per heavy atom. The van der Waals surface area contributed by atoms with Gasteiger partial charge in [-0.25, -0.2) is 0 Å². The third kappa shape index (κ3) is 2.85. The predicted octanol–water partition coefficient (Wildman–Crippen LogP) is 3.62. The van der Waals surface area contributed by atoms with Gasteiger partial charge in [-0.05, 0) is 18.6 Å². The van der Waals surface area contributed by atoms with Crippen molar-refractivity contribution in [1.29, 1.82) is 0 Å². The van der Waals surface area contributed by atoms with E-state index in [4.69, 9.17) is 14.2 Å². The number of hydrogen-bond donors (Lipinski definition) is 0. The molecule has 2 atom stereocenters. The number of fused-ring (bicyclic) bond motifs is 3. The zero-order valence-corrected chi connectivity index (χ0v) is 15.1. The summed E-state index contributed by atoms with van der Waals surface area (Å²) in [6.07, 6.45) is 0. The standard InChI is InChI=1S/C21H25NO3/c1-14-19(23-2)9-17-18-12-22(10-15-7-5-4-6-8-15)11-16(18)13-25-21(17)20(14)24-3/h4-9,16,18H,10-13H2,1-3H3/t16-,18+/m0/s1. The summed E-state index contributed by atoms with van der Waals surface area (Å²) in [4.78, 5) is 2.53. The van der Waals surface area contributed by atoms with Crippen molar-refractivity contribution in [2.75, 3.05) is 33.9 Å². The van der Waals surface area contributed by atoms with E-state index in [1.165, 1.54) is 11.1 Å². The van der Waals surface area contributed by atoms with E-state index < -0.39 is 0 Å². The van der Waals surface area contributed by atoms with Gasteiger partial charge in [-0.3, -0.25) is 4.90 Å². The first-order chi connectivity index (χ1) is 12.2. The van der Waals surface area contributed by atoms with Gasteiger partial charge in [0.2, 0.25) is 0 Å². The summed E-state index contributed by atoms with van der Waals surface area (Å²) in [5.74, 6) is 3.59. The molecule has 0 unspecified atom stereocenters. The lowest BCUT2D eigenvalue weighted by atomic mass is 9.86. The van der Waals surface area contributed by atoms with Crippen LogP contribution in [0.1, 0.15) is 22.6 Å². The van der Waals surface area contributed by atoms with E-state index in [9.17, 15) is 0 Å². The molecule has 0 aromatic heterocycles. The Kier molecular flexibility index (Phi) is 4.30. The van der Waals surface area contributed by atoms with Crippen LogP contribution in [0, 0.1) is 12.8 Å². The molecule has 0 bridgehead atoms. The van der Waals surface area contributed by atoms with Crippen LogP contribution in [0.15, 0.2) is 36.4 Å². The smallest absolute Gasteiger partial charge is 0.167 e. The molecule has 0 N–H and O–H groups in total. The van der Waals surface area contributed by atoms with Gasteiger partial charge in [0, 0.05) is 42.6 Å². The molecule has 0 spiro atoms. The molecule has 0 radical (unpaired) electrons. The van der Waals surface area contributed by atoms with E-state index >= 15 is 0 Å². The number of methoxy groups -OCH3 is 2. The van der Waals surface area contributed by atoms with Gasteiger partial charge in [0.1, 0.15) is 5.75 Å². The second-order valence-corrected chi connectivity index (χ2v) is 7.01. The summed E-state index contributed by atoms with van der Waals surface area (Å²) >= 11 is 0.